The number of halogens is 2. The van der Waals surface area contributed by atoms with Crippen LogP contribution in [0.25, 0.3) is 11.9 Å². The van der Waals surface area contributed by atoms with E-state index < -0.39 is 35.1 Å². The summed E-state index contributed by atoms with van der Waals surface area (Å²) < 4.78 is 35.0. The van der Waals surface area contributed by atoms with Crippen molar-refractivity contribution in [2.45, 2.75) is 18.9 Å². The minimum absolute atomic E-state index is 0.0601. The van der Waals surface area contributed by atoms with E-state index in [0.29, 0.717) is 44.0 Å². The number of hydrogen-bond donors (Lipinski definition) is 4. The molecule has 2 aliphatic heterocycles. The number of carbonyl (C=O) groups excluding carboxylic acids is 1. The van der Waals surface area contributed by atoms with Crippen LogP contribution in [0.1, 0.15) is 21.5 Å². The molecule has 0 aromatic heterocycles. The molecule has 8 nitrogen and oxygen atoms in total. The van der Waals surface area contributed by atoms with Crippen LogP contribution in [-0.2, 0) is 22.4 Å². The van der Waals surface area contributed by atoms with E-state index in [2.05, 4.69) is 16.2 Å². The Kier molecular flexibility index (Phi) is 7.74. The number of amides is 1. The summed E-state index contributed by atoms with van der Waals surface area (Å²) in [5.41, 5.74) is 8.24. The van der Waals surface area contributed by atoms with Gasteiger partial charge in [-0.3, -0.25) is 4.79 Å². The second kappa shape index (κ2) is 11.5. The number of nitrogens with zero attached hydrogens (tertiary/aromatic N) is 1. The van der Waals surface area contributed by atoms with Crippen LogP contribution >= 0.6 is 0 Å². The molecule has 3 aromatic rings. The van der Waals surface area contributed by atoms with Crippen molar-refractivity contribution in [1.29, 1.82) is 0 Å². The zero-order chi connectivity index (χ0) is 27.4. The zero-order valence-corrected chi connectivity index (χ0v) is 21.0. The summed E-state index contributed by atoms with van der Waals surface area (Å²) in [6.45, 7) is 1.82. The van der Waals surface area contributed by atoms with Crippen LogP contribution in [-0.4, -0.2) is 49.3 Å². The smallest absolute Gasteiger partial charge is 0.326 e. The molecule has 0 saturated carbocycles. The molecule has 202 valence electrons. The Morgan fingerprint density at radius 2 is 1.72 bits per heavy atom. The molecule has 2 heterocycles. The molecule has 4 N–H and O–H groups in total. The molecule has 1 unspecified atom stereocenters. The second-order valence-electron chi connectivity index (χ2n) is 9.43. The number of hydrogen-bond acceptors (Lipinski definition) is 6. The maximum atomic E-state index is 14.9. The van der Waals surface area contributed by atoms with Crippen LogP contribution in [0.5, 0.6) is 0 Å². The maximum absolute atomic E-state index is 14.9. The number of ether oxygens (including phenoxy) is 1. The van der Waals surface area contributed by atoms with Crippen molar-refractivity contribution in [1.82, 2.24) is 16.2 Å². The van der Waals surface area contributed by atoms with Crippen molar-refractivity contribution >= 4 is 29.5 Å². The third-order valence-corrected chi connectivity index (χ3v) is 6.78. The molecule has 2 aliphatic rings. The number of carboxylic acid groups (broad SMARTS) is 1. The van der Waals surface area contributed by atoms with Crippen LogP contribution in [0.4, 0.5) is 14.5 Å². The van der Waals surface area contributed by atoms with Gasteiger partial charge in [-0.1, -0.05) is 48.5 Å². The fourth-order valence-corrected chi connectivity index (χ4v) is 4.82. The number of nitrogens with one attached hydrogen (secondary N) is 3. The van der Waals surface area contributed by atoms with Gasteiger partial charge in [0.2, 0.25) is 0 Å². The molecule has 0 radical (unpaired) electrons. The lowest BCUT2D eigenvalue weighted by Gasteiger charge is -2.29. The molecular weight excluding hydrogens is 506 g/mol. The third-order valence-electron chi connectivity index (χ3n) is 6.78. The number of morpholine rings is 1. The minimum atomic E-state index is -1.39. The van der Waals surface area contributed by atoms with E-state index in [0.717, 1.165) is 33.8 Å². The number of rotatable bonds is 8. The molecule has 1 saturated heterocycles. The molecule has 0 spiro atoms. The second-order valence-corrected chi connectivity index (χ2v) is 9.43. The number of anilines is 1. The van der Waals surface area contributed by atoms with Gasteiger partial charge in [0.25, 0.3) is 5.91 Å². The summed E-state index contributed by atoms with van der Waals surface area (Å²) in [6.07, 6.45) is 2.37. The van der Waals surface area contributed by atoms with Crippen LogP contribution in [0.3, 0.4) is 0 Å². The van der Waals surface area contributed by atoms with E-state index >= 15 is 0 Å². The van der Waals surface area contributed by atoms with Gasteiger partial charge in [-0.15, -0.1) is 0 Å². The lowest BCUT2D eigenvalue weighted by molar-refractivity contribution is -0.139. The highest BCUT2D eigenvalue weighted by Crippen LogP contribution is 2.23. The molecule has 1 atom stereocenters. The molecule has 10 heteroatoms. The van der Waals surface area contributed by atoms with Gasteiger partial charge in [-0.25, -0.2) is 13.6 Å². The lowest BCUT2D eigenvalue weighted by atomic mass is 10.00. The Labute approximate surface area is 223 Å². The largest absolute Gasteiger partial charge is 0.480 e. The first-order valence-corrected chi connectivity index (χ1v) is 12.6. The van der Waals surface area contributed by atoms with E-state index in [1.54, 1.807) is 11.0 Å². The average Bonchev–Trinajstić information content (AvgIpc) is 2.93. The Morgan fingerprint density at radius 1 is 1.00 bits per heavy atom. The van der Waals surface area contributed by atoms with Crippen molar-refractivity contribution in [2.75, 3.05) is 31.2 Å². The van der Waals surface area contributed by atoms with E-state index in [-0.39, 0.29) is 6.42 Å². The van der Waals surface area contributed by atoms with Gasteiger partial charge in [0.15, 0.2) is 0 Å². The highest BCUT2D eigenvalue weighted by molar-refractivity contribution is 5.97. The number of aliphatic carboxylic acids is 1. The van der Waals surface area contributed by atoms with Gasteiger partial charge in [0, 0.05) is 54.0 Å². The number of carbonyl (C=O) groups is 2. The SMILES string of the molecule is O=C(NC(Cc1cccc(CC2=c3ccccc3=CNN2)c1)C(=O)O)c1c(F)cc(N2CCOCC2)cc1F. The fraction of sp³-hybridized carbons (Fsp3) is 0.241. The van der Waals surface area contributed by atoms with Gasteiger partial charge >= 0.3 is 5.97 Å². The fourth-order valence-electron chi connectivity index (χ4n) is 4.82. The Hall–Kier alpha value is -4.44. The predicted molar refractivity (Wildman–Crippen MR) is 142 cm³/mol. The van der Waals surface area contributed by atoms with Crippen LogP contribution in [0, 0.1) is 11.6 Å². The van der Waals surface area contributed by atoms with E-state index in [1.807, 2.05) is 48.7 Å². The van der Waals surface area contributed by atoms with Crippen molar-refractivity contribution < 1.29 is 28.2 Å². The zero-order valence-electron chi connectivity index (χ0n) is 21.0. The van der Waals surface area contributed by atoms with Crippen LogP contribution in [0.15, 0.2) is 60.7 Å². The predicted octanol–water partition coefficient (Wildman–Crippen LogP) is 1.42. The average molecular weight is 535 g/mol. The van der Waals surface area contributed by atoms with Gasteiger partial charge in [0.1, 0.15) is 23.2 Å². The van der Waals surface area contributed by atoms with Crippen molar-refractivity contribution in [3.8, 4) is 0 Å². The molecule has 0 bridgehead atoms. The summed E-state index contributed by atoms with van der Waals surface area (Å²) >= 11 is 0. The van der Waals surface area contributed by atoms with Gasteiger partial charge < -0.3 is 30.9 Å². The first kappa shape index (κ1) is 26.2. The summed E-state index contributed by atoms with van der Waals surface area (Å²) in [5, 5.41) is 14.2. The van der Waals surface area contributed by atoms with E-state index in [9.17, 15) is 23.5 Å². The lowest BCUT2D eigenvalue weighted by Crippen LogP contribution is -2.43. The quantitative estimate of drug-likeness (QED) is 0.347. The minimum Gasteiger partial charge on any atom is -0.480 e. The first-order chi connectivity index (χ1) is 18.9. The van der Waals surface area contributed by atoms with Gasteiger partial charge in [0.05, 0.1) is 13.2 Å². The van der Waals surface area contributed by atoms with Gasteiger partial charge in [-0.05, 0) is 23.3 Å². The molecule has 0 aliphatic carbocycles. The molecule has 1 fully saturated rings. The van der Waals surface area contributed by atoms with Crippen molar-refractivity contribution in [3.63, 3.8) is 0 Å². The highest BCUT2D eigenvalue weighted by Gasteiger charge is 2.26. The maximum Gasteiger partial charge on any atom is 0.326 e. The molecule has 3 aromatic carbocycles. The summed E-state index contributed by atoms with van der Waals surface area (Å²) in [5.74, 6) is -4.54. The molecular formula is C29H28F2N4O4. The molecule has 5 rings (SSSR count). The number of benzene rings is 3. The van der Waals surface area contributed by atoms with E-state index in [4.69, 9.17) is 4.74 Å². The molecule has 1 amide bonds. The Balaban J connectivity index is 1.31. The highest BCUT2D eigenvalue weighted by atomic mass is 19.1. The third kappa shape index (κ3) is 6.01. The number of fused-ring (bicyclic) bond motifs is 1. The monoisotopic (exact) mass is 534 g/mol. The van der Waals surface area contributed by atoms with Crippen molar-refractivity contribution in [3.05, 3.63) is 99.4 Å². The van der Waals surface area contributed by atoms with Crippen molar-refractivity contribution in [2.24, 2.45) is 0 Å². The normalized spacial score (nSPS) is 15.3. The Morgan fingerprint density at radius 3 is 2.46 bits per heavy atom. The topological polar surface area (TPSA) is 103 Å². The molecule has 39 heavy (non-hydrogen) atoms. The van der Waals surface area contributed by atoms with Crippen LogP contribution < -0.4 is 31.5 Å². The standard InChI is InChI=1S/C29H28F2N4O4/c30-23-15-21(35-8-10-39-11-9-35)16-24(31)27(23)28(36)33-26(29(37)38)14-19-5-3-4-18(12-19)13-25-22-7-2-1-6-20(22)17-32-34-25/h1-7,12,15-17,26,32,34H,8-11,13-14H2,(H,33,36)(H,37,38). The van der Waals surface area contributed by atoms with E-state index in [1.165, 1.54) is 0 Å². The van der Waals surface area contributed by atoms with Gasteiger partial charge in [-0.2, -0.15) is 0 Å². The summed E-state index contributed by atoms with van der Waals surface area (Å²) in [7, 11) is 0. The summed E-state index contributed by atoms with van der Waals surface area (Å²) in [6, 6.07) is 16.1. The first-order valence-electron chi connectivity index (χ1n) is 12.6. The Bertz CT molecular complexity index is 1500. The summed E-state index contributed by atoms with van der Waals surface area (Å²) in [4.78, 5) is 26.6. The number of carboxylic acids is 1. The number of hydrazine groups is 1. The van der Waals surface area contributed by atoms with Crippen LogP contribution in [0.2, 0.25) is 0 Å².